The lowest BCUT2D eigenvalue weighted by Crippen LogP contribution is -2.48. The Morgan fingerprint density at radius 2 is 2.00 bits per heavy atom. The Hall–Kier alpha value is -3.04. The van der Waals surface area contributed by atoms with Crippen LogP contribution in [0.1, 0.15) is 15.9 Å². The summed E-state index contributed by atoms with van der Waals surface area (Å²) in [4.78, 5) is 23.7. The first-order valence-corrected chi connectivity index (χ1v) is 8.19. The number of aromatic nitrogens is 3. The summed E-state index contributed by atoms with van der Waals surface area (Å²) in [6.07, 6.45) is -1.92. The molecule has 1 aromatic heterocycles. The number of carboxylic acid groups (broad SMARTS) is 1. The fraction of sp³-hybridized carbons (Fsp3) is 0.176. The number of aliphatic hydroxyl groups is 1. The second-order valence-corrected chi connectivity index (χ2v) is 6.22. The van der Waals surface area contributed by atoms with Crippen molar-refractivity contribution in [1.29, 1.82) is 0 Å². The fourth-order valence-corrected chi connectivity index (χ4v) is 2.82. The van der Waals surface area contributed by atoms with Crippen LogP contribution < -0.4 is 5.32 Å². The molecule has 0 radical (unpaired) electrons. The Morgan fingerprint density at radius 1 is 1.26 bits per heavy atom. The molecule has 4 N–H and O–H groups in total. The maximum absolute atomic E-state index is 14.0. The van der Waals surface area contributed by atoms with E-state index in [-0.39, 0.29) is 23.0 Å². The predicted molar refractivity (Wildman–Crippen MR) is 93.9 cm³/mol. The van der Waals surface area contributed by atoms with Crippen LogP contribution in [0.4, 0.5) is 4.39 Å². The van der Waals surface area contributed by atoms with E-state index in [1.807, 2.05) is 0 Å². The van der Waals surface area contributed by atoms with Crippen LogP contribution in [0.15, 0.2) is 36.4 Å². The molecule has 0 fully saturated rings. The molecule has 1 heterocycles. The van der Waals surface area contributed by atoms with E-state index in [0.717, 1.165) is 6.07 Å². The molecule has 2 atom stereocenters. The molecule has 3 rings (SSSR count). The van der Waals surface area contributed by atoms with Crippen LogP contribution in [0.5, 0.6) is 0 Å². The predicted octanol–water partition coefficient (Wildman–Crippen LogP) is 1.54. The lowest BCUT2D eigenvalue weighted by Gasteiger charge is -2.22. The summed E-state index contributed by atoms with van der Waals surface area (Å²) < 4.78 is 14.0. The zero-order valence-electron chi connectivity index (χ0n) is 13.7. The number of nitrogens with one attached hydrogen (secondary N) is 2. The molecular weight excluding hydrogens is 379 g/mol. The van der Waals surface area contributed by atoms with Gasteiger partial charge in [-0.15, -0.1) is 0 Å². The van der Waals surface area contributed by atoms with Crippen molar-refractivity contribution in [2.45, 2.75) is 18.6 Å². The van der Waals surface area contributed by atoms with E-state index >= 15 is 0 Å². The summed E-state index contributed by atoms with van der Waals surface area (Å²) in [5, 5.41) is 31.5. The molecule has 10 heteroatoms. The number of rotatable bonds is 6. The third kappa shape index (κ3) is 4.04. The van der Waals surface area contributed by atoms with Gasteiger partial charge < -0.3 is 15.5 Å². The molecule has 0 saturated carbocycles. The lowest BCUT2D eigenvalue weighted by molar-refractivity contribution is -0.148. The van der Waals surface area contributed by atoms with Crippen molar-refractivity contribution in [2.75, 3.05) is 0 Å². The molecule has 0 aliphatic rings. The normalized spacial score (nSPS) is 13.3. The minimum Gasteiger partial charge on any atom is -0.479 e. The summed E-state index contributed by atoms with van der Waals surface area (Å²) in [5.74, 6) is -3.03. The minimum atomic E-state index is -1.88. The number of hydrogen-bond donors (Lipinski definition) is 4. The molecule has 0 aliphatic heterocycles. The summed E-state index contributed by atoms with van der Waals surface area (Å²) in [7, 11) is 0. The molecule has 0 aliphatic carbocycles. The number of hydrogen-bond acceptors (Lipinski definition) is 5. The number of benzene rings is 2. The fourth-order valence-electron chi connectivity index (χ4n) is 2.61. The molecule has 0 spiro atoms. The van der Waals surface area contributed by atoms with Gasteiger partial charge in [0, 0.05) is 10.6 Å². The average molecular weight is 393 g/mol. The van der Waals surface area contributed by atoms with E-state index in [1.165, 1.54) is 6.07 Å². The number of carboxylic acids is 1. The average Bonchev–Trinajstić information content (AvgIpc) is 3.11. The molecule has 27 heavy (non-hydrogen) atoms. The van der Waals surface area contributed by atoms with Crippen molar-refractivity contribution < 1.29 is 24.2 Å². The van der Waals surface area contributed by atoms with Gasteiger partial charge in [0.15, 0.2) is 11.9 Å². The SMILES string of the molecule is O=C(NC(Cc1ccccc1Cl)C(O)C(=O)O)c1cc(F)c2n[nH]nc2c1. The van der Waals surface area contributed by atoms with Gasteiger partial charge in [-0.1, -0.05) is 29.8 Å². The number of carbonyl (C=O) groups is 2. The highest BCUT2D eigenvalue weighted by molar-refractivity contribution is 6.31. The zero-order valence-corrected chi connectivity index (χ0v) is 14.4. The van der Waals surface area contributed by atoms with E-state index in [1.54, 1.807) is 24.3 Å². The molecule has 2 unspecified atom stereocenters. The molecule has 0 saturated heterocycles. The largest absolute Gasteiger partial charge is 0.479 e. The first-order chi connectivity index (χ1) is 12.9. The molecule has 2 aromatic carbocycles. The van der Waals surface area contributed by atoms with Gasteiger partial charge in [0.25, 0.3) is 5.91 Å². The van der Waals surface area contributed by atoms with E-state index in [2.05, 4.69) is 20.7 Å². The van der Waals surface area contributed by atoms with Crippen molar-refractivity contribution >= 4 is 34.5 Å². The summed E-state index contributed by atoms with van der Waals surface area (Å²) in [5.41, 5.74) is 0.574. The standard InChI is InChI=1S/C17H14ClFN4O4/c18-10-4-2-1-3-8(10)6-13(15(24)17(26)27)20-16(25)9-5-11(19)14-12(7-9)21-23-22-14/h1-5,7,13,15,24H,6H2,(H,20,25)(H,26,27)(H,21,22,23). The van der Waals surface area contributed by atoms with Crippen molar-refractivity contribution in [3.8, 4) is 0 Å². The Labute approximate surface area is 157 Å². The van der Waals surface area contributed by atoms with Crippen LogP contribution in [-0.2, 0) is 11.2 Å². The first-order valence-electron chi connectivity index (χ1n) is 7.82. The quantitative estimate of drug-likeness (QED) is 0.503. The summed E-state index contributed by atoms with van der Waals surface area (Å²) in [6, 6.07) is 7.72. The molecular formula is C17H14ClFN4O4. The summed E-state index contributed by atoms with van der Waals surface area (Å²) >= 11 is 6.07. The van der Waals surface area contributed by atoms with Crippen molar-refractivity contribution in [2.24, 2.45) is 0 Å². The first kappa shape index (κ1) is 18.7. The molecule has 1 amide bonds. The maximum atomic E-state index is 14.0. The number of carbonyl (C=O) groups excluding carboxylic acids is 1. The highest BCUT2D eigenvalue weighted by atomic mass is 35.5. The molecule has 3 aromatic rings. The van der Waals surface area contributed by atoms with Gasteiger partial charge in [-0.2, -0.15) is 15.4 Å². The number of fused-ring (bicyclic) bond motifs is 1. The van der Waals surface area contributed by atoms with Crippen LogP contribution >= 0.6 is 11.6 Å². The van der Waals surface area contributed by atoms with Gasteiger partial charge in [0.05, 0.1) is 6.04 Å². The second kappa shape index (κ2) is 7.68. The van der Waals surface area contributed by atoms with Crippen molar-refractivity contribution in [3.63, 3.8) is 0 Å². The highest BCUT2D eigenvalue weighted by Gasteiger charge is 2.29. The summed E-state index contributed by atoms with van der Waals surface area (Å²) in [6.45, 7) is 0. The third-order valence-electron chi connectivity index (χ3n) is 3.99. The van der Waals surface area contributed by atoms with E-state index in [4.69, 9.17) is 16.7 Å². The molecule has 0 bridgehead atoms. The van der Waals surface area contributed by atoms with Gasteiger partial charge in [0.2, 0.25) is 0 Å². The van der Waals surface area contributed by atoms with Crippen molar-refractivity contribution in [3.05, 3.63) is 58.4 Å². The number of aliphatic hydroxyl groups excluding tert-OH is 1. The van der Waals surface area contributed by atoms with Gasteiger partial charge in [-0.25, -0.2) is 9.18 Å². The zero-order chi connectivity index (χ0) is 19.6. The minimum absolute atomic E-state index is 0.0234. The van der Waals surface area contributed by atoms with Gasteiger partial charge in [0.1, 0.15) is 11.0 Å². The van der Waals surface area contributed by atoms with Gasteiger partial charge >= 0.3 is 5.97 Å². The Balaban J connectivity index is 1.87. The van der Waals surface area contributed by atoms with E-state index in [0.29, 0.717) is 10.6 Å². The highest BCUT2D eigenvalue weighted by Crippen LogP contribution is 2.19. The van der Waals surface area contributed by atoms with Crippen molar-refractivity contribution in [1.82, 2.24) is 20.7 Å². The molecule has 8 nitrogen and oxygen atoms in total. The van der Waals surface area contributed by atoms with Crippen LogP contribution in [0, 0.1) is 5.82 Å². The van der Waals surface area contributed by atoms with Crippen LogP contribution in [0.25, 0.3) is 11.0 Å². The number of aromatic amines is 1. The van der Waals surface area contributed by atoms with Crippen LogP contribution in [-0.4, -0.2) is 49.6 Å². The number of nitrogens with zero attached hydrogens (tertiary/aromatic N) is 2. The third-order valence-corrected chi connectivity index (χ3v) is 4.35. The number of halogens is 2. The van der Waals surface area contributed by atoms with E-state index in [9.17, 15) is 19.1 Å². The van der Waals surface area contributed by atoms with Crippen LogP contribution in [0.3, 0.4) is 0 Å². The number of H-pyrrole nitrogens is 1. The topological polar surface area (TPSA) is 128 Å². The second-order valence-electron chi connectivity index (χ2n) is 5.81. The smallest absolute Gasteiger partial charge is 0.334 e. The Morgan fingerprint density at radius 3 is 2.70 bits per heavy atom. The lowest BCUT2D eigenvalue weighted by atomic mass is 10.0. The maximum Gasteiger partial charge on any atom is 0.334 e. The Bertz CT molecular complexity index is 1010. The van der Waals surface area contributed by atoms with Gasteiger partial charge in [-0.05, 0) is 30.2 Å². The number of amides is 1. The van der Waals surface area contributed by atoms with Gasteiger partial charge in [-0.3, -0.25) is 4.79 Å². The number of aliphatic carboxylic acids is 1. The molecule has 140 valence electrons. The monoisotopic (exact) mass is 392 g/mol. The van der Waals surface area contributed by atoms with E-state index < -0.39 is 29.8 Å². The van der Waals surface area contributed by atoms with Crippen LogP contribution in [0.2, 0.25) is 5.02 Å². The Kier molecular flexibility index (Phi) is 5.33.